The summed E-state index contributed by atoms with van der Waals surface area (Å²) in [4.78, 5) is 0. The highest BCUT2D eigenvalue weighted by Gasteiger charge is 2.06. The third kappa shape index (κ3) is 2.71. The highest BCUT2D eigenvalue weighted by molar-refractivity contribution is 5.58. The Kier molecular flexibility index (Phi) is 4.61. The average Bonchev–Trinajstić information content (AvgIpc) is 2.31. The molecular formula is C15H22. The molecule has 0 spiro atoms. The summed E-state index contributed by atoms with van der Waals surface area (Å²) in [6.07, 6.45) is 8.11. The van der Waals surface area contributed by atoms with E-state index in [0.29, 0.717) is 0 Å². The molecule has 0 fully saturated rings. The Morgan fingerprint density at radius 3 is 2.60 bits per heavy atom. The van der Waals surface area contributed by atoms with Crippen molar-refractivity contribution in [3.63, 3.8) is 0 Å². The lowest BCUT2D eigenvalue weighted by molar-refractivity contribution is 0.970. The van der Waals surface area contributed by atoms with Gasteiger partial charge < -0.3 is 0 Å². The van der Waals surface area contributed by atoms with Crippen molar-refractivity contribution < 1.29 is 0 Å². The Morgan fingerprint density at radius 1 is 1.20 bits per heavy atom. The van der Waals surface area contributed by atoms with Gasteiger partial charge in [-0.2, -0.15) is 0 Å². The number of rotatable bonds is 1. The van der Waals surface area contributed by atoms with Crippen molar-refractivity contribution in [2.45, 2.75) is 47.0 Å². The molecule has 0 N–H and O–H groups in total. The fraction of sp³-hybridized carbons (Fsp3) is 0.467. The van der Waals surface area contributed by atoms with Crippen molar-refractivity contribution in [3.05, 3.63) is 40.5 Å². The molecule has 82 valence electrons. The second kappa shape index (κ2) is 5.75. The van der Waals surface area contributed by atoms with Crippen molar-refractivity contribution in [2.24, 2.45) is 0 Å². The zero-order valence-electron chi connectivity index (χ0n) is 10.4. The Morgan fingerprint density at radius 2 is 1.93 bits per heavy atom. The van der Waals surface area contributed by atoms with E-state index in [1.165, 1.54) is 35.1 Å². The van der Waals surface area contributed by atoms with E-state index in [1.807, 2.05) is 13.8 Å². The molecule has 0 aliphatic heterocycles. The summed E-state index contributed by atoms with van der Waals surface area (Å²) in [5, 5.41) is 0. The van der Waals surface area contributed by atoms with E-state index in [1.54, 1.807) is 0 Å². The van der Waals surface area contributed by atoms with Crippen molar-refractivity contribution in [1.29, 1.82) is 0 Å². The number of fused-ring (bicyclic) bond motifs is 1. The first-order valence-corrected chi connectivity index (χ1v) is 6.10. The highest BCUT2D eigenvalue weighted by Crippen LogP contribution is 2.23. The minimum atomic E-state index is 1.16. The van der Waals surface area contributed by atoms with Gasteiger partial charge in [0, 0.05) is 0 Å². The molecule has 0 amide bonds. The van der Waals surface area contributed by atoms with E-state index in [-0.39, 0.29) is 0 Å². The van der Waals surface area contributed by atoms with Crippen molar-refractivity contribution in [2.75, 3.05) is 0 Å². The maximum absolute atomic E-state index is 2.38. The molecule has 0 bridgehead atoms. The van der Waals surface area contributed by atoms with E-state index >= 15 is 0 Å². The number of allylic oxidation sites excluding steroid dienone is 1. The van der Waals surface area contributed by atoms with Crippen LogP contribution in [0, 0.1) is 6.92 Å². The van der Waals surface area contributed by atoms with E-state index < -0.39 is 0 Å². The van der Waals surface area contributed by atoms with Crippen molar-refractivity contribution in [1.82, 2.24) is 0 Å². The lowest BCUT2D eigenvalue weighted by Crippen LogP contribution is -1.98. The molecule has 0 nitrogen and oxygen atoms in total. The van der Waals surface area contributed by atoms with E-state index in [4.69, 9.17) is 0 Å². The molecule has 0 saturated heterocycles. The third-order valence-corrected chi connectivity index (χ3v) is 2.86. The molecule has 0 aromatic heterocycles. The van der Waals surface area contributed by atoms with Crippen LogP contribution in [0.4, 0.5) is 0 Å². The van der Waals surface area contributed by atoms with Crippen molar-refractivity contribution >= 4 is 6.08 Å². The minimum Gasteiger partial charge on any atom is -0.0836 e. The maximum atomic E-state index is 2.38. The number of hydrogen-bond acceptors (Lipinski definition) is 0. The lowest BCUT2D eigenvalue weighted by Gasteiger charge is -2.13. The van der Waals surface area contributed by atoms with E-state index in [9.17, 15) is 0 Å². The van der Waals surface area contributed by atoms with Gasteiger partial charge in [0.15, 0.2) is 0 Å². The fourth-order valence-corrected chi connectivity index (χ4v) is 2.03. The number of benzene rings is 1. The first kappa shape index (κ1) is 12.0. The number of hydrogen-bond donors (Lipinski definition) is 0. The van der Waals surface area contributed by atoms with E-state index in [0.717, 1.165) is 6.42 Å². The Hall–Kier alpha value is -1.04. The molecule has 0 radical (unpaired) electrons. The average molecular weight is 202 g/mol. The van der Waals surface area contributed by atoms with Gasteiger partial charge in [0.2, 0.25) is 0 Å². The Balaban J connectivity index is 0.000000531. The molecule has 1 aliphatic rings. The van der Waals surface area contributed by atoms with Gasteiger partial charge in [0.1, 0.15) is 0 Å². The largest absolute Gasteiger partial charge is 0.0836 e. The van der Waals surface area contributed by atoms with Crippen LogP contribution in [0.2, 0.25) is 0 Å². The normalized spacial score (nSPS) is 12.8. The van der Waals surface area contributed by atoms with Gasteiger partial charge in [-0.1, -0.05) is 45.1 Å². The summed E-state index contributed by atoms with van der Waals surface area (Å²) in [5.41, 5.74) is 5.91. The van der Waals surface area contributed by atoms with E-state index in [2.05, 4.69) is 38.1 Å². The predicted molar refractivity (Wildman–Crippen MR) is 69.3 cm³/mol. The van der Waals surface area contributed by atoms with Gasteiger partial charge in [0.05, 0.1) is 0 Å². The minimum absolute atomic E-state index is 1.16. The van der Waals surface area contributed by atoms with Gasteiger partial charge in [0.25, 0.3) is 0 Å². The molecule has 1 aromatic carbocycles. The fourth-order valence-electron chi connectivity index (χ4n) is 2.03. The molecule has 0 heteroatoms. The van der Waals surface area contributed by atoms with Crippen LogP contribution < -0.4 is 0 Å². The predicted octanol–water partition coefficient (Wildman–Crippen LogP) is 4.54. The SMILES string of the molecule is CC.CCc1cc2c(cc1C)C=CCC2. The highest BCUT2D eigenvalue weighted by atomic mass is 14.1. The number of aryl methyl sites for hydroxylation is 3. The molecule has 0 unspecified atom stereocenters. The molecule has 1 aliphatic carbocycles. The zero-order chi connectivity index (χ0) is 11.3. The van der Waals surface area contributed by atoms with Gasteiger partial charge in [-0.05, 0) is 48.4 Å². The van der Waals surface area contributed by atoms with Gasteiger partial charge in [-0.15, -0.1) is 0 Å². The van der Waals surface area contributed by atoms with Crippen LogP contribution in [0.3, 0.4) is 0 Å². The van der Waals surface area contributed by atoms with Crippen LogP contribution in [-0.2, 0) is 12.8 Å². The second-order valence-electron chi connectivity index (χ2n) is 3.77. The molecule has 1 aromatic rings. The monoisotopic (exact) mass is 202 g/mol. The Bertz CT molecular complexity index is 345. The smallest absolute Gasteiger partial charge is 0.0225 e. The second-order valence-corrected chi connectivity index (χ2v) is 3.77. The molecule has 0 saturated carbocycles. The maximum Gasteiger partial charge on any atom is -0.0225 e. The third-order valence-electron chi connectivity index (χ3n) is 2.86. The summed E-state index contributed by atoms with van der Waals surface area (Å²) < 4.78 is 0. The van der Waals surface area contributed by atoms with Gasteiger partial charge in [-0.25, -0.2) is 0 Å². The van der Waals surface area contributed by atoms with Gasteiger partial charge in [-0.3, -0.25) is 0 Å². The van der Waals surface area contributed by atoms with Crippen LogP contribution >= 0.6 is 0 Å². The summed E-state index contributed by atoms with van der Waals surface area (Å²) >= 11 is 0. The quantitative estimate of drug-likeness (QED) is 0.627. The van der Waals surface area contributed by atoms with Crippen LogP contribution in [0.1, 0.15) is 49.4 Å². The topological polar surface area (TPSA) is 0 Å². The summed E-state index contributed by atoms with van der Waals surface area (Å²) in [5.74, 6) is 0. The summed E-state index contributed by atoms with van der Waals surface area (Å²) in [6, 6.07) is 4.71. The molecule has 15 heavy (non-hydrogen) atoms. The van der Waals surface area contributed by atoms with Gasteiger partial charge >= 0.3 is 0 Å². The molecule has 0 heterocycles. The molecule has 0 atom stereocenters. The lowest BCUT2D eigenvalue weighted by atomic mass is 9.92. The standard InChI is InChI=1S/C13H16.C2H6/c1-3-11-9-13-7-5-4-6-12(13)8-10(11)2;1-2/h4,6,8-9H,3,5,7H2,1-2H3;1-2H3. The van der Waals surface area contributed by atoms with Crippen LogP contribution in [0.5, 0.6) is 0 Å². The van der Waals surface area contributed by atoms with Crippen LogP contribution in [0.15, 0.2) is 18.2 Å². The Labute approximate surface area is 94.0 Å². The first-order valence-electron chi connectivity index (χ1n) is 6.10. The molecular weight excluding hydrogens is 180 g/mol. The van der Waals surface area contributed by atoms with Crippen LogP contribution in [-0.4, -0.2) is 0 Å². The summed E-state index contributed by atoms with van der Waals surface area (Å²) in [6.45, 7) is 8.44. The summed E-state index contributed by atoms with van der Waals surface area (Å²) in [7, 11) is 0. The zero-order valence-corrected chi connectivity index (χ0v) is 10.4. The first-order chi connectivity index (χ1) is 7.31. The van der Waals surface area contributed by atoms with Crippen LogP contribution in [0.25, 0.3) is 6.08 Å². The molecule has 2 rings (SSSR count). The van der Waals surface area contributed by atoms with Crippen molar-refractivity contribution in [3.8, 4) is 0 Å².